The first-order chi connectivity index (χ1) is 6.47. The van der Waals surface area contributed by atoms with Gasteiger partial charge < -0.3 is 11.1 Å². The van der Waals surface area contributed by atoms with Crippen LogP contribution in [0.4, 0.5) is 0 Å². The molecule has 1 rings (SSSR count). The molecule has 14 heavy (non-hydrogen) atoms. The fourth-order valence-corrected chi connectivity index (χ4v) is 1.10. The molecular weight excluding hydrogens is 178 g/mol. The second-order valence-corrected chi connectivity index (χ2v) is 3.53. The molecule has 1 atom stereocenters. The highest BCUT2D eigenvalue weighted by atomic mass is 16.1. The molecule has 0 aromatic carbocycles. The standard InChI is InChI=1S/C10H13N3O/c1-7-5-8(9(14)3-4-11)6-13-10(7,2)12/h5-6,13H,3,12H2,1-2H3. The second-order valence-electron chi connectivity index (χ2n) is 3.53. The molecule has 3 N–H and O–H groups in total. The molecule has 1 heterocycles. The monoisotopic (exact) mass is 191 g/mol. The van der Waals surface area contributed by atoms with Gasteiger partial charge in [-0.3, -0.25) is 4.79 Å². The summed E-state index contributed by atoms with van der Waals surface area (Å²) in [4.78, 5) is 11.3. The summed E-state index contributed by atoms with van der Waals surface area (Å²) in [6.45, 7) is 3.67. The molecule has 1 aliphatic heterocycles. The second kappa shape index (κ2) is 3.64. The van der Waals surface area contributed by atoms with E-state index in [2.05, 4.69) is 5.32 Å². The first kappa shape index (κ1) is 10.5. The van der Waals surface area contributed by atoms with Crippen LogP contribution in [-0.2, 0) is 4.79 Å². The fraction of sp³-hybridized carbons (Fsp3) is 0.400. The van der Waals surface area contributed by atoms with E-state index in [9.17, 15) is 4.79 Å². The number of carbonyl (C=O) groups is 1. The lowest BCUT2D eigenvalue weighted by atomic mass is 9.96. The minimum Gasteiger partial charge on any atom is -0.370 e. The number of nitrogens with zero attached hydrogens (tertiary/aromatic N) is 1. The van der Waals surface area contributed by atoms with E-state index in [1.165, 1.54) is 0 Å². The molecule has 0 aliphatic carbocycles. The molecule has 0 amide bonds. The van der Waals surface area contributed by atoms with Crippen LogP contribution in [0.25, 0.3) is 0 Å². The van der Waals surface area contributed by atoms with Crippen molar-refractivity contribution in [1.82, 2.24) is 5.32 Å². The Morgan fingerprint density at radius 2 is 2.43 bits per heavy atom. The Morgan fingerprint density at radius 3 is 2.93 bits per heavy atom. The van der Waals surface area contributed by atoms with E-state index in [1.807, 2.05) is 19.9 Å². The summed E-state index contributed by atoms with van der Waals surface area (Å²) in [5.74, 6) is -0.185. The maximum atomic E-state index is 11.3. The molecule has 1 unspecified atom stereocenters. The van der Waals surface area contributed by atoms with E-state index in [0.717, 1.165) is 5.57 Å². The average molecular weight is 191 g/mol. The van der Waals surface area contributed by atoms with Crippen LogP contribution in [-0.4, -0.2) is 11.4 Å². The van der Waals surface area contributed by atoms with Gasteiger partial charge in [0.05, 0.1) is 12.5 Å². The normalized spacial score (nSPS) is 25.6. The third-order valence-corrected chi connectivity index (χ3v) is 2.28. The maximum absolute atomic E-state index is 11.3. The van der Waals surface area contributed by atoms with E-state index in [1.54, 1.807) is 12.3 Å². The maximum Gasteiger partial charge on any atom is 0.178 e. The van der Waals surface area contributed by atoms with Gasteiger partial charge in [-0.05, 0) is 25.5 Å². The van der Waals surface area contributed by atoms with Gasteiger partial charge in [0.15, 0.2) is 5.78 Å². The van der Waals surface area contributed by atoms with Crippen LogP contribution in [0.3, 0.4) is 0 Å². The van der Waals surface area contributed by atoms with Gasteiger partial charge >= 0.3 is 0 Å². The quantitative estimate of drug-likeness (QED) is 0.669. The Morgan fingerprint density at radius 1 is 1.79 bits per heavy atom. The Kier molecular flexibility index (Phi) is 2.73. The molecule has 4 nitrogen and oxygen atoms in total. The van der Waals surface area contributed by atoms with Crippen LogP contribution < -0.4 is 11.1 Å². The molecular formula is C10H13N3O. The molecule has 4 heteroatoms. The van der Waals surface area contributed by atoms with Gasteiger partial charge in [0.1, 0.15) is 5.66 Å². The lowest BCUT2D eigenvalue weighted by molar-refractivity contribution is -0.114. The first-order valence-corrected chi connectivity index (χ1v) is 4.33. The Bertz CT molecular complexity index is 358. The minimum absolute atomic E-state index is 0.0986. The Labute approximate surface area is 83.1 Å². The number of Topliss-reactive ketones (excluding diaryl/α,β-unsaturated/α-hetero) is 1. The molecule has 0 aromatic heterocycles. The van der Waals surface area contributed by atoms with Crippen molar-refractivity contribution >= 4 is 5.78 Å². The number of nitriles is 1. The largest absolute Gasteiger partial charge is 0.370 e. The first-order valence-electron chi connectivity index (χ1n) is 4.33. The Balaban J connectivity index is 2.85. The van der Waals surface area contributed by atoms with Crippen molar-refractivity contribution in [3.63, 3.8) is 0 Å². The summed E-state index contributed by atoms with van der Waals surface area (Å²) in [6.07, 6.45) is 3.18. The molecule has 0 bridgehead atoms. The summed E-state index contributed by atoms with van der Waals surface area (Å²) >= 11 is 0. The highest BCUT2D eigenvalue weighted by Gasteiger charge is 2.23. The topological polar surface area (TPSA) is 78.9 Å². The summed E-state index contributed by atoms with van der Waals surface area (Å²) < 4.78 is 0. The van der Waals surface area contributed by atoms with Crippen molar-refractivity contribution in [2.75, 3.05) is 0 Å². The van der Waals surface area contributed by atoms with Crippen LogP contribution in [0, 0.1) is 11.3 Å². The summed E-state index contributed by atoms with van der Waals surface area (Å²) in [7, 11) is 0. The van der Waals surface area contributed by atoms with Crippen molar-refractivity contribution in [2.24, 2.45) is 5.73 Å². The number of dihydropyridines is 1. The van der Waals surface area contributed by atoms with Gasteiger partial charge in [0.25, 0.3) is 0 Å². The molecule has 0 saturated heterocycles. The van der Waals surface area contributed by atoms with Gasteiger partial charge in [-0.2, -0.15) is 5.26 Å². The SMILES string of the molecule is CC1=CC(C(=O)CC#N)=CNC1(C)N. The van der Waals surface area contributed by atoms with Gasteiger partial charge in [0, 0.05) is 11.8 Å². The van der Waals surface area contributed by atoms with Crippen LogP contribution in [0.15, 0.2) is 23.4 Å². The van der Waals surface area contributed by atoms with Crippen LogP contribution in [0.1, 0.15) is 20.3 Å². The van der Waals surface area contributed by atoms with Crippen molar-refractivity contribution in [3.05, 3.63) is 23.4 Å². The molecule has 0 spiro atoms. The van der Waals surface area contributed by atoms with E-state index in [0.29, 0.717) is 5.57 Å². The van der Waals surface area contributed by atoms with Crippen molar-refractivity contribution in [1.29, 1.82) is 5.26 Å². The zero-order valence-electron chi connectivity index (χ0n) is 8.29. The Hall–Kier alpha value is -1.60. The number of nitrogens with two attached hydrogens (primary N) is 1. The number of hydrogen-bond donors (Lipinski definition) is 2. The van der Waals surface area contributed by atoms with Gasteiger partial charge in [-0.25, -0.2) is 0 Å². The highest BCUT2D eigenvalue weighted by Crippen LogP contribution is 2.18. The number of rotatable bonds is 2. The number of carbonyl (C=O) groups excluding carboxylic acids is 1. The predicted molar refractivity (Wildman–Crippen MR) is 52.8 cm³/mol. The van der Waals surface area contributed by atoms with Crippen LogP contribution in [0.2, 0.25) is 0 Å². The molecule has 0 saturated carbocycles. The molecule has 1 aliphatic rings. The average Bonchev–Trinajstić information content (AvgIpc) is 2.10. The molecule has 0 radical (unpaired) electrons. The lowest BCUT2D eigenvalue weighted by Gasteiger charge is -2.30. The lowest BCUT2D eigenvalue weighted by Crippen LogP contribution is -2.51. The molecule has 0 aromatic rings. The third kappa shape index (κ3) is 2.01. The van der Waals surface area contributed by atoms with Gasteiger partial charge in [-0.15, -0.1) is 0 Å². The van der Waals surface area contributed by atoms with Gasteiger partial charge in [0.2, 0.25) is 0 Å². The van der Waals surface area contributed by atoms with E-state index >= 15 is 0 Å². The predicted octanol–water partition coefficient (Wildman–Crippen LogP) is 0.577. The zero-order chi connectivity index (χ0) is 10.8. The molecule has 0 fully saturated rings. The van der Waals surface area contributed by atoms with Gasteiger partial charge in [-0.1, -0.05) is 0 Å². The third-order valence-electron chi connectivity index (χ3n) is 2.28. The number of nitrogens with one attached hydrogen (secondary N) is 1. The summed E-state index contributed by atoms with van der Waals surface area (Å²) in [5, 5.41) is 11.3. The van der Waals surface area contributed by atoms with Crippen molar-refractivity contribution < 1.29 is 4.79 Å². The van der Waals surface area contributed by atoms with Crippen LogP contribution >= 0.6 is 0 Å². The molecule has 74 valence electrons. The fourth-order valence-electron chi connectivity index (χ4n) is 1.10. The van der Waals surface area contributed by atoms with E-state index in [4.69, 9.17) is 11.0 Å². The number of ketones is 1. The summed E-state index contributed by atoms with van der Waals surface area (Å²) in [6, 6.07) is 1.82. The van der Waals surface area contributed by atoms with E-state index < -0.39 is 5.66 Å². The highest BCUT2D eigenvalue weighted by molar-refractivity contribution is 5.99. The number of allylic oxidation sites excluding steroid dienone is 2. The van der Waals surface area contributed by atoms with Crippen molar-refractivity contribution in [3.8, 4) is 6.07 Å². The van der Waals surface area contributed by atoms with E-state index in [-0.39, 0.29) is 12.2 Å². The van der Waals surface area contributed by atoms with Crippen molar-refractivity contribution in [2.45, 2.75) is 25.9 Å². The minimum atomic E-state index is -0.601. The van der Waals surface area contributed by atoms with Crippen LogP contribution in [0.5, 0.6) is 0 Å². The smallest absolute Gasteiger partial charge is 0.178 e. The zero-order valence-corrected chi connectivity index (χ0v) is 8.29. The number of hydrogen-bond acceptors (Lipinski definition) is 4. The summed E-state index contributed by atoms with van der Waals surface area (Å²) in [5.41, 5.74) is 6.64.